The predicted octanol–water partition coefficient (Wildman–Crippen LogP) is 3.86. The molecule has 2 N–H and O–H groups in total. The van der Waals surface area contributed by atoms with Crippen LogP contribution in [0, 0.1) is 36.0 Å². The Hall–Kier alpha value is -2.03. The number of ether oxygens (including phenoxy) is 2. The lowest BCUT2D eigenvalue weighted by Crippen LogP contribution is -2.46. The van der Waals surface area contributed by atoms with Gasteiger partial charge in [-0.3, -0.25) is 9.59 Å². The van der Waals surface area contributed by atoms with E-state index in [9.17, 15) is 19.8 Å². The molecule has 0 spiro atoms. The number of nitrogens with zero attached hydrogens (tertiary/aromatic N) is 1. The first kappa shape index (κ1) is 27.0. The lowest BCUT2D eigenvalue weighted by molar-refractivity contribution is -0.154. The fourth-order valence-corrected chi connectivity index (χ4v) is 5.97. The number of oxazole rings is 1. The van der Waals surface area contributed by atoms with E-state index in [1.54, 1.807) is 34.0 Å². The summed E-state index contributed by atoms with van der Waals surface area (Å²) in [6.45, 7) is 12.7. The molecule has 4 rings (SSSR count). The Kier molecular flexibility index (Phi) is 7.27. The molecule has 0 aromatic carbocycles. The number of aryl methyl sites for hydroxylation is 1. The smallest absolute Gasteiger partial charge is 0.309 e. The van der Waals surface area contributed by atoms with Crippen molar-refractivity contribution in [3.63, 3.8) is 0 Å². The van der Waals surface area contributed by atoms with Crippen LogP contribution in [0.3, 0.4) is 0 Å². The molecule has 2 saturated heterocycles. The van der Waals surface area contributed by atoms with Crippen molar-refractivity contribution in [2.75, 3.05) is 0 Å². The highest BCUT2D eigenvalue weighted by atomic mass is 16.6. The van der Waals surface area contributed by atoms with Crippen molar-refractivity contribution < 1.29 is 33.7 Å². The maximum atomic E-state index is 13.3. The Morgan fingerprint density at radius 1 is 1.17 bits per heavy atom. The van der Waals surface area contributed by atoms with Gasteiger partial charge in [-0.25, -0.2) is 4.98 Å². The first-order chi connectivity index (χ1) is 16.7. The summed E-state index contributed by atoms with van der Waals surface area (Å²) in [7, 11) is 0. The average molecular weight is 504 g/mol. The molecule has 36 heavy (non-hydrogen) atoms. The van der Waals surface area contributed by atoms with Crippen LogP contribution >= 0.6 is 0 Å². The number of esters is 1. The van der Waals surface area contributed by atoms with Crippen molar-refractivity contribution in [1.29, 1.82) is 0 Å². The van der Waals surface area contributed by atoms with Crippen molar-refractivity contribution in [2.45, 2.75) is 104 Å². The number of cyclic esters (lactones) is 1. The Balaban J connectivity index is 1.59. The van der Waals surface area contributed by atoms with E-state index in [2.05, 4.69) is 11.9 Å². The summed E-state index contributed by atoms with van der Waals surface area (Å²) >= 11 is 0. The SMILES string of the molecule is C/C(=C\c1coc(C)n1)[C@H]1CC2OC2(C)CC2CC2[C@H](C)[C@H](O)[C@@H](C)C(=O)C(C)(C)[C@@H](O)CC(=O)O1. The van der Waals surface area contributed by atoms with Crippen LogP contribution in [0.5, 0.6) is 0 Å². The number of aromatic nitrogens is 1. The van der Waals surface area contributed by atoms with E-state index in [4.69, 9.17) is 13.9 Å². The number of carbonyl (C=O) groups is 2. The van der Waals surface area contributed by atoms with Gasteiger partial charge in [-0.1, -0.05) is 27.7 Å². The van der Waals surface area contributed by atoms with Crippen molar-refractivity contribution in [3.05, 3.63) is 23.4 Å². The van der Waals surface area contributed by atoms with Crippen molar-refractivity contribution >= 4 is 17.8 Å². The van der Waals surface area contributed by atoms with Gasteiger partial charge >= 0.3 is 5.97 Å². The molecule has 1 aromatic rings. The molecule has 1 saturated carbocycles. The number of aliphatic hydroxyl groups is 2. The molecule has 0 amide bonds. The summed E-state index contributed by atoms with van der Waals surface area (Å²) in [4.78, 5) is 30.6. The van der Waals surface area contributed by atoms with Gasteiger partial charge in [0.05, 0.1) is 35.7 Å². The van der Waals surface area contributed by atoms with E-state index >= 15 is 0 Å². The van der Waals surface area contributed by atoms with Crippen LogP contribution < -0.4 is 0 Å². The number of hydrogen-bond acceptors (Lipinski definition) is 8. The van der Waals surface area contributed by atoms with Crippen LogP contribution in [-0.2, 0) is 19.1 Å². The molecule has 8 nitrogen and oxygen atoms in total. The van der Waals surface area contributed by atoms with Gasteiger partial charge in [0.2, 0.25) is 0 Å². The predicted molar refractivity (Wildman–Crippen MR) is 133 cm³/mol. The lowest BCUT2D eigenvalue weighted by Gasteiger charge is -2.34. The molecule has 200 valence electrons. The van der Waals surface area contributed by atoms with Gasteiger partial charge in [0, 0.05) is 19.3 Å². The van der Waals surface area contributed by atoms with Crippen LogP contribution in [0.2, 0.25) is 0 Å². The van der Waals surface area contributed by atoms with E-state index in [1.807, 2.05) is 19.9 Å². The summed E-state index contributed by atoms with van der Waals surface area (Å²) in [6, 6.07) is 0. The first-order valence-electron chi connectivity index (χ1n) is 13.1. The highest BCUT2D eigenvalue weighted by Gasteiger charge is 2.58. The third-order valence-corrected chi connectivity index (χ3v) is 8.87. The Morgan fingerprint density at radius 2 is 1.86 bits per heavy atom. The molecule has 3 aliphatic rings. The number of fused-ring (bicyclic) bond motifs is 2. The van der Waals surface area contributed by atoms with Crippen LogP contribution in [0.1, 0.15) is 78.8 Å². The summed E-state index contributed by atoms with van der Waals surface area (Å²) < 4.78 is 17.3. The summed E-state index contributed by atoms with van der Waals surface area (Å²) in [5.74, 6) is -0.222. The van der Waals surface area contributed by atoms with E-state index in [0.717, 1.165) is 18.4 Å². The van der Waals surface area contributed by atoms with E-state index in [0.29, 0.717) is 29.8 Å². The zero-order chi connectivity index (χ0) is 26.6. The minimum atomic E-state index is -1.24. The quantitative estimate of drug-likeness (QED) is 0.461. The molecule has 3 heterocycles. The largest absolute Gasteiger partial charge is 0.458 e. The van der Waals surface area contributed by atoms with Crippen molar-refractivity contribution in [3.8, 4) is 0 Å². The summed E-state index contributed by atoms with van der Waals surface area (Å²) in [6.07, 6.45) is 2.76. The van der Waals surface area contributed by atoms with Gasteiger partial charge in [-0.15, -0.1) is 0 Å². The maximum Gasteiger partial charge on any atom is 0.309 e. The molecule has 3 fully saturated rings. The van der Waals surface area contributed by atoms with E-state index < -0.39 is 35.6 Å². The normalized spacial score (nSPS) is 41.8. The number of rotatable bonds is 2. The third-order valence-electron chi connectivity index (χ3n) is 8.87. The zero-order valence-electron chi connectivity index (χ0n) is 22.5. The Morgan fingerprint density at radius 3 is 2.50 bits per heavy atom. The fourth-order valence-electron chi connectivity index (χ4n) is 5.97. The maximum absolute atomic E-state index is 13.3. The molecule has 0 radical (unpaired) electrons. The average Bonchev–Trinajstić information content (AvgIpc) is 3.66. The molecule has 0 bridgehead atoms. The standard InChI is InChI=1S/C28H41NO7/c1-14(8-19-13-34-17(4)29-19)21-10-23-28(7,36-23)12-18-9-20(18)15(2)25(32)16(3)26(33)27(5,6)22(30)11-24(31)35-21/h8,13,15-16,18,20-23,25,30,32H,9-12H2,1-7H3/b14-8+/t15-,16+,18?,20?,21+,22-,23?,25-,28?/m0/s1. The van der Waals surface area contributed by atoms with Crippen LogP contribution in [-0.4, -0.2) is 57.0 Å². The summed E-state index contributed by atoms with van der Waals surface area (Å²) in [5.41, 5.74) is -0.0768. The number of carbonyl (C=O) groups excluding carboxylic acids is 2. The van der Waals surface area contributed by atoms with Crippen LogP contribution in [0.15, 0.2) is 16.3 Å². The zero-order valence-corrected chi connectivity index (χ0v) is 22.5. The lowest BCUT2D eigenvalue weighted by atomic mass is 9.72. The molecule has 8 heteroatoms. The molecule has 1 aliphatic carbocycles. The van der Waals surface area contributed by atoms with Gasteiger partial charge in [-0.2, -0.15) is 0 Å². The van der Waals surface area contributed by atoms with Gasteiger partial charge in [0.25, 0.3) is 0 Å². The minimum absolute atomic E-state index is 0.0376. The molecule has 1 aromatic heterocycles. The molecule has 4 unspecified atom stereocenters. The molecule has 2 aliphatic heterocycles. The second-order valence-electron chi connectivity index (χ2n) is 12.1. The Bertz CT molecular complexity index is 1030. The minimum Gasteiger partial charge on any atom is -0.458 e. The number of ketones is 1. The van der Waals surface area contributed by atoms with Crippen molar-refractivity contribution in [1.82, 2.24) is 4.98 Å². The highest BCUT2D eigenvalue weighted by molar-refractivity contribution is 5.88. The third kappa shape index (κ3) is 5.46. The number of Topliss-reactive ketones (excluding diaryl/α,β-unsaturated/α-hetero) is 1. The van der Waals surface area contributed by atoms with Gasteiger partial charge in [0.1, 0.15) is 23.8 Å². The van der Waals surface area contributed by atoms with Crippen molar-refractivity contribution in [2.24, 2.45) is 29.1 Å². The number of hydrogen-bond donors (Lipinski definition) is 2. The first-order valence-corrected chi connectivity index (χ1v) is 13.1. The second-order valence-corrected chi connectivity index (χ2v) is 12.1. The molecular formula is C28H41NO7. The molecular weight excluding hydrogens is 462 g/mol. The van der Waals surface area contributed by atoms with Crippen LogP contribution in [0.25, 0.3) is 6.08 Å². The van der Waals surface area contributed by atoms with E-state index in [1.165, 1.54) is 0 Å². The second kappa shape index (κ2) is 9.69. The van der Waals surface area contributed by atoms with Gasteiger partial charge < -0.3 is 24.1 Å². The Labute approximate surface area is 213 Å². The monoisotopic (exact) mass is 503 g/mol. The van der Waals surface area contributed by atoms with Gasteiger partial charge in [0.15, 0.2) is 5.89 Å². The van der Waals surface area contributed by atoms with Gasteiger partial charge in [-0.05, 0) is 56.1 Å². The number of epoxide rings is 1. The number of aliphatic hydroxyl groups excluding tert-OH is 2. The topological polar surface area (TPSA) is 122 Å². The fraction of sp³-hybridized carbons (Fsp3) is 0.750. The molecule has 9 atom stereocenters. The summed E-state index contributed by atoms with van der Waals surface area (Å²) in [5, 5.41) is 21.9. The highest BCUT2D eigenvalue weighted by Crippen LogP contribution is 2.56. The van der Waals surface area contributed by atoms with Crippen LogP contribution in [0.4, 0.5) is 0 Å². The van der Waals surface area contributed by atoms with E-state index in [-0.39, 0.29) is 29.8 Å².